The fraction of sp³-hybridized carbons (Fsp3) is 0.188. The maximum atomic E-state index is 12.5. The number of hydrogen-bond acceptors (Lipinski definition) is 2. The maximum absolute atomic E-state index is 12.5. The fourth-order valence-electron chi connectivity index (χ4n) is 2.65. The van der Waals surface area contributed by atoms with Crippen LogP contribution in [0.1, 0.15) is 11.1 Å². The zero-order chi connectivity index (χ0) is 14.1. The Morgan fingerprint density at radius 1 is 1.25 bits per heavy atom. The van der Waals surface area contributed by atoms with Gasteiger partial charge in [0.15, 0.2) is 0 Å². The molecule has 20 heavy (non-hydrogen) atoms. The highest BCUT2D eigenvalue weighted by molar-refractivity contribution is 6.30. The van der Waals surface area contributed by atoms with E-state index in [4.69, 9.17) is 17.3 Å². The van der Waals surface area contributed by atoms with Crippen LogP contribution in [0.15, 0.2) is 42.5 Å². The molecular weight excluding hydrogens is 272 g/mol. The molecule has 0 aromatic heterocycles. The molecule has 0 unspecified atom stereocenters. The summed E-state index contributed by atoms with van der Waals surface area (Å²) in [5.74, 6) is 0.0592. The summed E-state index contributed by atoms with van der Waals surface area (Å²) in [7, 11) is 0. The number of amides is 1. The van der Waals surface area contributed by atoms with E-state index in [0.29, 0.717) is 23.7 Å². The number of carbonyl (C=O) groups excluding carboxylic acids is 1. The van der Waals surface area contributed by atoms with Crippen molar-refractivity contribution in [2.24, 2.45) is 0 Å². The van der Waals surface area contributed by atoms with Crippen LogP contribution in [0.3, 0.4) is 0 Å². The predicted octanol–water partition coefficient (Wildman–Crippen LogP) is 3.05. The molecule has 0 fully saturated rings. The lowest BCUT2D eigenvalue weighted by Crippen LogP contribution is -2.30. The zero-order valence-corrected chi connectivity index (χ0v) is 11.7. The van der Waals surface area contributed by atoms with Gasteiger partial charge in [0.25, 0.3) is 0 Å². The Balaban J connectivity index is 1.84. The molecule has 3 nitrogen and oxygen atoms in total. The first kappa shape index (κ1) is 13.0. The number of carbonyl (C=O) groups is 1. The van der Waals surface area contributed by atoms with Crippen molar-refractivity contribution in [3.8, 4) is 0 Å². The van der Waals surface area contributed by atoms with Crippen molar-refractivity contribution in [2.45, 2.75) is 12.8 Å². The van der Waals surface area contributed by atoms with Gasteiger partial charge in [0.2, 0.25) is 5.91 Å². The van der Waals surface area contributed by atoms with E-state index in [1.807, 2.05) is 36.4 Å². The van der Waals surface area contributed by atoms with Gasteiger partial charge in [0, 0.05) is 11.6 Å². The Labute approximate surface area is 123 Å². The van der Waals surface area contributed by atoms with E-state index in [2.05, 4.69) is 0 Å². The van der Waals surface area contributed by atoms with E-state index in [0.717, 1.165) is 23.2 Å². The molecule has 4 heteroatoms. The molecular formula is C16H15ClN2O. The maximum Gasteiger partial charge on any atom is 0.231 e. The first-order chi connectivity index (χ1) is 9.65. The quantitative estimate of drug-likeness (QED) is 0.863. The van der Waals surface area contributed by atoms with Crippen molar-refractivity contribution < 1.29 is 4.79 Å². The van der Waals surface area contributed by atoms with Crippen molar-refractivity contribution in [2.75, 3.05) is 17.2 Å². The van der Waals surface area contributed by atoms with Crippen molar-refractivity contribution >= 4 is 28.9 Å². The molecule has 0 spiro atoms. The van der Waals surface area contributed by atoms with Crippen LogP contribution in [0.4, 0.5) is 11.4 Å². The molecule has 0 saturated heterocycles. The zero-order valence-electron chi connectivity index (χ0n) is 11.0. The van der Waals surface area contributed by atoms with Crippen LogP contribution in [-0.4, -0.2) is 12.5 Å². The van der Waals surface area contributed by atoms with Crippen LogP contribution in [0.5, 0.6) is 0 Å². The summed E-state index contributed by atoms with van der Waals surface area (Å²) in [6.07, 6.45) is 1.20. The summed E-state index contributed by atoms with van der Waals surface area (Å²) < 4.78 is 0. The molecule has 0 atom stereocenters. The Bertz CT molecular complexity index is 669. The number of benzene rings is 2. The van der Waals surface area contributed by atoms with Crippen LogP contribution in [0.2, 0.25) is 5.02 Å². The lowest BCUT2D eigenvalue weighted by molar-refractivity contribution is -0.117. The van der Waals surface area contributed by atoms with Crippen molar-refractivity contribution in [3.05, 3.63) is 58.6 Å². The molecule has 102 valence electrons. The number of halogens is 1. The van der Waals surface area contributed by atoms with Gasteiger partial charge in [-0.1, -0.05) is 35.9 Å². The van der Waals surface area contributed by atoms with E-state index in [9.17, 15) is 4.79 Å². The van der Waals surface area contributed by atoms with Gasteiger partial charge in [-0.15, -0.1) is 0 Å². The van der Waals surface area contributed by atoms with Gasteiger partial charge in [-0.3, -0.25) is 4.79 Å². The average molecular weight is 287 g/mol. The van der Waals surface area contributed by atoms with Gasteiger partial charge in [0.05, 0.1) is 17.8 Å². The normalized spacial score (nSPS) is 13.3. The first-order valence-electron chi connectivity index (χ1n) is 6.57. The van der Waals surface area contributed by atoms with Crippen LogP contribution < -0.4 is 10.6 Å². The average Bonchev–Trinajstić information content (AvgIpc) is 2.84. The van der Waals surface area contributed by atoms with Gasteiger partial charge in [-0.05, 0) is 35.7 Å². The highest BCUT2D eigenvalue weighted by atomic mass is 35.5. The van der Waals surface area contributed by atoms with E-state index >= 15 is 0 Å². The summed E-state index contributed by atoms with van der Waals surface area (Å²) in [5.41, 5.74) is 9.61. The second kappa shape index (κ2) is 5.17. The first-order valence-corrected chi connectivity index (χ1v) is 6.95. The molecule has 0 bridgehead atoms. The number of nitrogens with two attached hydrogens (primary N) is 1. The van der Waals surface area contributed by atoms with E-state index in [-0.39, 0.29) is 5.91 Å². The second-order valence-electron chi connectivity index (χ2n) is 4.96. The third kappa shape index (κ3) is 2.37. The molecule has 1 aliphatic rings. The summed E-state index contributed by atoms with van der Waals surface area (Å²) in [6.45, 7) is 0.697. The summed E-state index contributed by atoms with van der Waals surface area (Å²) >= 11 is 5.95. The lowest BCUT2D eigenvalue weighted by Gasteiger charge is -2.19. The number of rotatable bonds is 2. The highest BCUT2D eigenvalue weighted by Gasteiger charge is 2.26. The smallest absolute Gasteiger partial charge is 0.231 e. The minimum absolute atomic E-state index is 0.0592. The highest BCUT2D eigenvalue weighted by Crippen LogP contribution is 2.34. The number of nitrogens with zero attached hydrogens (tertiary/aromatic N) is 1. The molecule has 3 rings (SSSR count). The Kier molecular flexibility index (Phi) is 3.36. The molecule has 2 N–H and O–H groups in total. The van der Waals surface area contributed by atoms with E-state index in [1.165, 1.54) is 0 Å². The summed E-state index contributed by atoms with van der Waals surface area (Å²) in [6, 6.07) is 13.2. The van der Waals surface area contributed by atoms with E-state index < -0.39 is 0 Å². The number of nitrogen functional groups attached to an aromatic ring is 1. The molecule has 2 aromatic rings. The third-order valence-corrected chi connectivity index (χ3v) is 3.81. The van der Waals surface area contributed by atoms with Crippen molar-refractivity contribution in [1.29, 1.82) is 0 Å². The number of fused-ring (bicyclic) bond motifs is 1. The summed E-state index contributed by atoms with van der Waals surface area (Å²) in [4.78, 5) is 14.3. The lowest BCUT2D eigenvalue weighted by atomic mass is 10.1. The van der Waals surface area contributed by atoms with Crippen LogP contribution in [0, 0.1) is 0 Å². The van der Waals surface area contributed by atoms with Gasteiger partial charge in [0.1, 0.15) is 0 Å². The minimum Gasteiger partial charge on any atom is -0.397 e. The topological polar surface area (TPSA) is 46.3 Å². The van der Waals surface area contributed by atoms with Gasteiger partial charge < -0.3 is 10.6 Å². The minimum atomic E-state index is 0.0592. The van der Waals surface area contributed by atoms with Crippen LogP contribution in [-0.2, 0) is 17.6 Å². The number of para-hydroxylation sites is 1. The SMILES string of the molecule is Nc1cccc2c1N(C(=O)Cc1cccc(Cl)c1)CC2. The molecule has 1 aliphatic heterocycles. The number of hydrogen-bond donors (Lipinski definition) is 1. The van der Waals surface area contributed by atoms with Gasteiger partial charge in [-0.25, -0.2) is 0 Å². The second-order valence-corrected chi connectivity index (χ2v) is 5.39. The van der Waals surface area contributed by atoms with Crippen molar-refractivity contribution in [3.63, 3.8) is 0 Å². The number of anilines is 2. The van der Waals surface area contributed by atoms with E-state index in [1.54, 1.807) is 11.0 Å². The molecule has 0 saturated carbocycles. The third-order valence-electron chi connectivity index (χ3n) is 3.57. The molecule has 1 amide bonds. The van der Waals surface area contributed by atoms with Crippen LogP contribution >= 0.6 is 11.6 Å². The largest absolute Gasteiger partial charge is 0.397 e. The Hall–Kier alpha value is -2.00. The molecule has 2 aromatic carbocycles. The van der Waals surface area contributed by atoms with Gasteiger partial charge in [-0.2, -0.15) is 0 Å². The van der Waals surface area contributed by atoms with Crippen LogP contribution in [0.25, 0.3) is 0 Å². The standard InChI is InChI=1S/C16H15ClN2O/c17-13-5-1-3-11(9-13)10-15(20)19-8-7-12-4-2-6-14(18)16(12)19/h1-6,9H,7-8,10,18H2. The monoisotopic (exact) mass is 286 g/mol. The Morgan fingerprint density at radius 2 is 2.05 bits per heavy atom. The fourth-order valence-corrected chi connectivity index (χ4v) is 2.87. The summed E-state index contributed by atoms with van der Waals surface area (Å²) in [5, 5.41) is 0.650. The molecule has 0 radical (unpaired) electrons. The van der Waals surface area contributed by atoms with Gasteiger partial charge >= 0.3 is 0 Å². The predicted molar refractivity (Wildman–Crippen MR) is 82.1 cm³/mol. The molecule has 1 heterocycles. The van der Waals surface area contributed by atoms with Crippen molar-refractivity contribution in [1.82, 2.24) is 0 Å². The molecule has 0 aliphatic carbocycles. The Morgan fingerprint density at radius 3 is 2.85 bits per heavy atom.